The van der Waals surface area contributed by atoms with Crippen LogP contribution in [0.1, 0.15) is 25.7 Å². The maximum absolute atomic E-state index is 12.0. The molecule has 5 nitrogen and oxygen atoms in total. The summed E-state index contributed by atoms with van der Waals surface area (Å²) in [6.45, 7) is 2.85. The van der Waals surface area contributed by atoms with Crippen LogP contribution < -0.4 is 10.0 Å². The fourth-order valence-electron chi connectivity index (χ4n) is 2.73. The Kier molecular flexibility index (Phi) is 4.41. The normalized spacial score (nSPS) is 31.8. The molecule has 2 aliphatic heterocycles. The highest BCUT2D eigenvalue weighted by molar-refractivity contribution is 7.89. The van der Waals surface area contributed by atoms with Gasteiger partial charge in [0.25, 0.3) is 0 Å². The molecule has 2 unspecified atom stereocenters. The van der Waals surface area contributed by atoms with Crippen LogP contribution in [-0.2, 0) is 10.0 Å². The largest absolute Gasteiger partial charge is 0.313 e. The Morgan fingerprint density at radius 2 is 2.18 bits per heavy atom. The number of likely N-dealkylation sites (N-methyl/N-ethyl adjacent to an activating group) is 1. The quantitative estimate of drug-likeness (QED) is 0.733. The van der Waals surface area contributed by atoms with E-state index >= 15 is 0 Å². The molecular formula is C11H23N3O2S. The van der Waals surface area contributed by atoms with Gasteiger partial charge in [-0.1, -0.05) is 0 Å². The van der Waals surface area contributed by atoms with E-state index in [4.69, 9.17) is 0 Å². The lowest BCUT2D eigenvalue weighted by molar-refractivity contribution is 0.242. The number of nitrogens with one attached hydrogen (secondary N) is 2. The molecular weight excluding hydrogens is 238 g/mol. The summed E-state index contributed by atoms with van der Waals surface area (Å²) >= 11 is 0. The summed E-state index contributed by atoms with van der Waals surface area (Å²) in [5.74, 6) is 0.229. The Labute approximate surface area is 104 Å². The summed E-state index contributed by atoms with van der Waals surface area (Å²) in [5.41, 5.74) is 0. The van der Waals surface area contributed by atoms with Gasteiger partial charge in [-0.2, -0.15) is 0 Å². The highest BCUT2D eigenvalue weighted by atomic mass is 32.2. The molecule has 2 saturated heterocycles. The number of rotatable bonds is 4. The molecule has 0 bridgehead atoms. The molecule has 0 amide bonds. The number of nitrogens with zero attached hydrogens (tertiary/aromatic N) is 1. The van der Waals surface area contributed by atoms with E-state index in [0.29, 0.717) is 0 Å². The number of hydrogen-bond donors (Lipinski definition) is 2. The predicted molar refractivity (Wildman–Crippen MR) is 68.5 cm³/mol. The van der Waals surface area contributed by atoms with Crippen LogP contribution in [0.25, 0.3) is 0 Å². The van der Waals surface area contributed by atoms with Crippen LogP contribution in [0.3, 0.4) is 0 Å². The fourth-order valence-corrected chi connectivity index (χ4v) is 4.34. The highest BCUT2D eigenvalue weighted by Gasteiger charge is 2.26. The van der Waals surface area contributed by atoms with Crippen molar-refractivity contribution in [3.05, 3.63) is 0 Å². The second-order valence-electron chi connectivity index (χ2n) is 5.29. The van der Waals surface area contributed by atoms with Crippen molar-refractivity contribution in [1.82, 2.24) is 14.9 Å². The molecule has 0 aromatic carbocycles. The molecule has 2 fully saturated rings. The van der Waals surface area contributed by atoms with Gasteiger partial charge in [0.05, 0.1) is 5.75 Å². The van der Waals surface area contributed by atoms with Crippen LogP contribution in [0.2, 0.25) is 0 Å². The SMILES string of the molecule is CN1CCCC(NS(=O)(=O)CC2CCCN2)C1. The van der Waals surface area contributed by atoms with Gasteiger partial charge in [-0.15, -0.1) is 0 Å². The van der Waals surface area contributed by atoms with Crippen LogP contribution >= 0.6 is 0 Å². The van der Waals surface area contributed by atoms with Gasteiger partial charge in [0.1, 0.15) is 0 Å². The summed E-state index contributed by atoms with van der Waals surface area (Å²) in [4.78, 5) is 2.19. The van der Waals surface area contributed by atoms with E-state index in [1.54, 1.807) is 0 Å². The van der Waals surface area contributed by atoms with Gasteiger partial charge >= 0.3 is 0 Å². The average molecular weight is 261 g/mol. The lowest BCUT2D eigenvalue weighted by Gasteiger charge is -2.30. The van der Waals surface area contributed by atoms with Gasteiger partial charge < -0.3 is 10.2 Å². The first-order valence-electron chi connectivity index (χ1n) is 6.47. The van der Waals surface area contributed by atoms with Gasteiger partial charge in [-0.05, 0) is 45.8 Å². The van der Waals surface area contributed by atoms with Gasteiger partial charge in [-0.25, -0.2) is 13.1 Å². The van der Waals surface area contributed by atoms with Crippen LogP contribution in [0.5, 0.6) is 0 Å². The van der Waals surface area contributed by atoms with Crippen molar-refractivity contribution in [1.29, 1.82) is 0 Å². The van der Waals surface area contributed by atoms with Crippen LogP contribution in [0.15, 0.2) is 0 Å². The maximum atomic E-state index is 12.0. The summed E-state index contributed by atoms with van der Waals surface area (Å²) in [6.07, 6.45) is 4.10. The van der Waals surface area contributed by atoms with E-state index in [1.165, 1.54) is 0 Å². The Bertz CT molecular complexity index is 339. The monoisotopic (exact) mass is 261 g/mol. The zero-order valence-corrected chi connectivity index (χ0v) is 11.3. The molecule has 0 spiro atoms. The van der Waals surface area contributed by atoms with Crippen molar-refractivity contribution < 1.29 is 8.42 Å². The molecule has 0 aliphatic carbocycles. The molecule has 6 heteroatoms. The van der Waals surface area contributed by atoms with Crippen LogP contribution in [0, 0.1) is 0 Å². The number of piperidine rings is 1. The minimum absolute atomic E-state index is 0.0974. The van der Waals surface area contributed by atoms with E-state index in [9.17, 15) is 8.42 Å². The van der Waals surface area contributed by atoms with Gasteiger partial charge in [0.2, 0.25) is 10.0 Å². The molecule has 2 N–H and O–H groups in total. The number of sulfonamides is 1. The molecule has 17 heavy (non-hydrogen) atoms. The molecule has 0 radical (unpaired) electrons. The maximum Gasteiger partial charge on any atom is 0.213 e. The lowest BCUT2D eigenvalue weighted by atomic mass is 10.1. The van der Waals surface area contributed by atoms with Crippen LogP contribution in [0.4, 0.5) is 0 Å². The Morgan fingerprint density at radius 3 is 2.82 bits per heavy atom. The van der Waals surface area contributed by atoms with E-state index in [1.807, 2.05) is 7.05 Å². The second kappa shape index (κ2) is 5.65. The van der Waals surface area contributed by atoms with Crippen molar-refractivity contribution in [2.75, 3.05) is 32.4 Å². The van der Waals surface area contributed by atoms with Crippen molar-refractivity contribution >= 4 is 10.0 Å². The van der Waals surface area contributed by atoms with E-state index in [-0.39, 0.29) is 17.8 Å². The topological polar surface area (TPSA) is 61.4 Å². The molecule has 0 aromatic heterocycles. The molecule has 2 heterocycles. The van der Waals surface area contributed by atoms with Gasteiger partial charge in [-0.3, -0.25) is 0 Å². The van der Waals surface area contributed by atoms with Crippen molar-refractivity contribution in [3.8, 4) is 0 Å². The Hall–Kier alpha value is -0.170. The summed E-state index contributed by atoms with van der Waals surface area (Å²) in [7, 11) is -1.09. The smallest absolute Gasteiger partial charge is 0.213 e. The lowest BCUT2D eigenvalue weighted by Crippen LogP contribution is -2.48. The van der Waals surface area contributed by atoms with Gasteiger partial charge in [0, 0.05) is 18.6 Å². The molecule has 100 valence electrons. The molecule has 2 atom stereocenters. The van der Waals surface area contributed by atoms with Crippen molar-refractivity contribution in [2.24, 2.45) is 0 Å². The molecule has 0 aromatic rings. The molecule has 0 saturated carbocycles. The molecule has 2 rings (SSSR count). The zero-order valence-electron chi connectivity index (χ0n) is 10.5. The second-order valence-corrected chi connectivity index (χ2v) is 7.09. The predicted octanol–water partition coefficient (Wildman–Crippen LogP) is -0.248. The number of hydrogen-bond acceptors (Lipinski definition) is 4. The first-order valence-corrected chi connectivity index (χ1v) is 8.12. The highest BCUT2D eigenvalue weighted by Crippen LogP contribution is 2.11. The van der Waals surface area contributed by atoms with Crippen molar-refractivity contribution in [3.63, 3.8) is 0 Å². The first-order chi connectivity index (χ1) is 8.05. The van der Waals surface area contributed by atoms with E-state index < -0.39 is 10.0 Å². The third-order valence-electron chi connectivity index (χ3n) is 3.55. The minimum atomic E-state index is -3.13. The number of likely N-dealkylation sites (tertiary alicyclic amines) is 1. The first kappa shape index (κ1) is 13.3. The Balaban J connectivity index is 1.83. The van der Waals surface area contributed by atoms with E-state index in [2.05, 4.69) is 14.9 Å². The Morgan fingerprint density at radius 1 is 1.35 bits per heavy atom. The summed E-state index contributed by atoms with van der Waals surface area (Å²) in [6, 6.07) is 0.244. The average Bonchev–Trinajstić information content (AvgIpc) is 2.68. The minimum Gasteiger partial charge on any atom is -0.313 e. The van der Waals surface area contributed by atoms with E-state index in [0.717, 1.165) is 45.3 Å². The fraction of sp³-hybridized carbons (Fsp3) is 1.00. The standard InChI is InChI=1S/C11H23N3O2S/c1-14-7-3-5-10(8-14)13-17(15,16)9-11-4-2-6-12-11/h10-13H,2-9H2,1H3. The van der Waals surface area contributed by atoms with Crippen LogP contribution in [-0.4, -0.2) is 57.8 Å². The third-order valence-corrected chi connectivity index (χ3v) is 5.09. The summed E-state index contributed by atoms with van der Waals surface area (Å²) in [5, 5.41) is 3.23. The zero-order chi connectivity index (χ0) is 12.3. The van der Waals surface area contributed by atoms with Gasteiger partial charge in [0.15, 0.2) is 0 Å². The summed E-state index contributed by atoms with van der Waals surface area (Å²) < 4.78 is 26.8. The third kappa shape index (κ3) is 4.21. The molecule has 2 aliphatic rings. The van der Waals surface area contributed by atoms with Crippen molar-refractivity contribution in [2.45, 2.75) is 37.8 Å².